The third-order valence-corrected chi connectivity index (χ3v) is 4.07. The smallest absolute Gasteiger partial charge is 0.255 e. The van der Waals surface area contributed by atoms with Crippen LogP contribution in [-0.2, 0) is 6.54 Å². The van der Waals surface area contributed by atoms with Crippen LogP contribution >= 0.6 is 0 Å². The number of rotatable bonds is 5. The Morgan fingerprint density at radius 1 is 0.960 bits per heavy atom. The first-order chi connectivity index (χ1) is 12.1. The Morgan fingerprint density at radius 3 is 2.60 bits per heavy atom. The zero-order valence-corrected chi connectivity index (χ0v) is 14.3. The summed E-state index contributed by atoms with van der Waals surface area (Å²) in [5.41, 5.74) is 4.57. The van der Waals surface area contributed by atoms with Crippen LogP contribution in [-0.4, -0.2) is 15.9 Å². The van der Waals surface area contributed by atoms with Crippen molar-refractivity contribution in [2.75, 3.05) is 5.32 Å². The van der Waals surface area contributed by atoms with E-state index in [-0.39, 0.29) is 5.91 Å². The van der Waals surface area contributed by atoms with Crippen LogP contribution in [0.1, 0.15) is 27.2 Å². The zero-order valence-electron chi connectivity index (χ0n) is 14.3. The van der Waals surface area contributed by atoms with Crippen molar-refractivity contribution in [3.8, 4) is 0 Å². The molecule has 2 N–H and O–H groups in total. The van der Waals surface area contributed by atoms with Gasteiger partial charge in [-0.05, 0) is 55.3 Å². The highest BCUT2D eigenvalue weighted by Gasteiger charge is 2.13. The molecule has 0 radical (unpaired) electrons. The summed E-state index contributed by atoms with van der Waals surface area (Å²) in [4.78, 5) is 21.1. The Balaban J connectivity index is 1.78. The fraction of sp³-hybridized carbons (Fsp3) is 0.150. The summed E-state index contributed by atoms with van der Waals surface area (Å²) < 4.78 is 0. The monoisotopic (exact) mass is 332 g/mol. The van der Waals surface area contributed by atoms with Gasteiger partial charge in [0, 0.05) is 18.1 Å². The highest BCUT2D eigenvalue weighted by molar-refractivity contribution is 5.99. The summed E-state index contributed by atoms with van der Waals surface area (Å²) in [5.74, 6) is 0.348. The minimum atomic E-state index is -0.188. The molecule has 5 nitrogen and oxygen atoms in total. The highest BCUT2D eigenvalue weighted by atomic mass is 16.1. The summed E-state index contributed by atoms with van der Waals surface area (Å²) in [6.45, 7) is 4.47. The topological polar surface area (TPSA) is 66.9 Å². The normalized spacial score (nSPS) is 10.3. The largest absolute Gasteiger partial charge is 0.346 e. The summed E-state index contributed by atoms with van der Waals surface area (Å²) in [5, 5.41) is 6.16. The summed E-state index contributed by atoms with van der Waals surface area (Å²) in [6.07, 6.45) is 3.38. The fourth-order valence-corrected chi connectivity index (χ4v) is 2.47. The van der Waals surface area contributed by atoms with Gasteiger partial charge in [-0.1, -0.05) is 18.2 Å². The van der Waals surface area contributed by atoms with Gasteiger partial charge in [0.15, 0.2) is 0 Å². The van der Waals surface area contributed by atoms with E-state index in [1.54, 1.807) is 24.5 Å². The van der Waals surface area contributed by atoms with Crippen molar-refractivity contribution < 1.29 is 4.79 Å². The van der Waals surface area contributed by atoms with Crippen LogP contribution in [0.15, 0.2) is 60.9 Å². The molecule has 0 spiro atoms. The van der Waals surface area contributed by atoms with E-state index < -0.39 is 0 Å². The Morgan fingerprint density at radius 2 is 1.80 bits per heavy atom. The molecule has 2 heterocycles. The lowest BCUT2D eigenvalue weighted by Gasteiger charge is -2.14. The number of anilines is 2. The maximum Gasteiger partial charge on any atom is 0.255 e. The third kappa shape index (κ3) is 4.01. The highest BCUT2D eigenvalue weighted by Crippen LogP contribution is 2.23. The summed E-state index contributed by atoms with van der Waals surface area (Å²) in [7, 11) is 0. The average Bonchev–Trinajstić information content (AvgIpc) is 2.65. The van der Waals surface area contributed by atoms with E-state index in [4.69, 9.17) is 0 Å². The van der Waals surface area contributed by atoms with Crippen LogP contribution < -0.4 is 10.6 Å². The van der Waals surface area contributed by atoms with Crippen molar-refractivity contribution in [2.24, 2.45) is 0 Å². The second kappa shape index (κ2) is 7.57. The standard InChI is InChI=1S/C20H20N4O/c1-14-7-5-10-18(15(14)2)24-19-17(9-6-12-22-19)20(25)23-13-16-8-3-4-11-21-16/h3-12H,13H2,1-2H3,(H,22,24)(H,23,25). The molecule has 5 heteroatoms. The van der Waals surface area contributed by atoms with E-state index >= 15 is 0 Å². The second-order valence-corrected chi connectivity index (χ2v) is 5.78. The lowest BCUT2D eigenvalue weighted by Crippen LogP contribution is -2.24. The minimum Gasteiger partial charge on any atom is -0.346 e. The zero-order chi connectivity index (χ0) is 17.6. The number of nitrogens with one attached hydrogen (secondary N) is 2. The van der Waals surface area contributed by atoms with Crippen LogP contribution in [0.3, 0.4) is 0 Å². The maximum atomic E-state index is 12.6. The average molecular weight is 332 g/mol. The molecular formula is C20H20N4O. The lowest BCUT2D eigenvalue weighted by molar-refractivity contribution is 0.0951. The van der Waals surface area contributed by atoms with E-state index in [1.165, 1.54) is 5.56 Å². The molecule has 3 rings (SSSR count). The minimum absolute atomic E-state index is 0.188. The summed E-state index contributed by atoms with van der Waals surface area (Å²) in [6, 6.07) is 15.1. The van der Waals surface area contributed by atoms with Gasteiger partial charge in [0.25, 0.3) is 5.91 Å². The van der Waals surface area contributed by atoms with Gasteiger partial charge in [0.2, 0.25) is 0 Å². The molecule has 0 saturated carbocycles. The molecule has 0 atom stereocenters. The van der Waals surface area contributed by atoms with E-state index in [9.17, 15) is 4.79 Å². The molecular weight excluding hydrogens is 312 g/mol. The van der Waals surface area contributed by atoms with Crippen molar-refractivity contribution in [1.29, 1.82) is 0 Å². The number of amides is 1. The Labute approximate surface area is 147 Å². The van der Waals surface area contributed by atoms with Crippen LogP contribution in [0.4, 0.5) is 11.5 Å². The number of hydrogen-bond acceptors (Lipinski definition) is 4. The van der Waals surface area contributed by atoms with Gasteiger partial charge < -0.3 is 10.6 Å². The molecule has 1 aromatic carbocycles. The van der Waals surface area contributed by atoms with Gasteiger partial charge in [-0.2, -0.15) is 0 Å². The lowest BCUT2D eigenvalue weighted by atomic mass is 10.1. The molecule has 1 amide bonds. The third-order valence-electron chi connectivity index (χ3n) is 4.07. The number of pyridine rings is 2. The van der Waals surface area contributed by atoms with Crippen molar-refractivity contribution in [2.45, 2.75) is 20.4 Å². The van der Waals surface area contributed by atoms with E-state index in [0.717, 1.165) is 16.9 Å². The molecule has 0 bridgehead atoms. The Kier molecular flexibility index (Phi) is 5.04. The van der Waals surface area contributed by atoms with Gasteiger partial charge >= 0.3 is 0 Å². The molecule has 3 aromatic rings. The van der Waals surface area contributed by atoms with E-state index in [1.807, 2.05) is 37.3 Å². The van der Waals surface area contributed by atoms with Gasteiger partial charge in [0.1, 0.15) is 5.82 Å². The first kappa shape index (κ1) is 16.6. The quantitative estimate of drug-likeness (QED) is 0.746. The molecule has 0 aliphatic rings. The molecule has 0 aliphatic carbocycles. The van der Waals surface area contributed by atoms with E-state index in [2.05, 4.69) is 33.6 Å². The van der Waals surface area contributed by atoms with Crippen LogP contribution in [0.5, 0.6) is 0 Å². The molecule has 25 heavy (non-hydrogen) atoms. The number of benzene rings is 1. The summed E-state index contributed by atoms with van der Waals surface area (Å²) >= 11 is 0. The number of aryl methyl sites for hydroxylation is 1. The van der Waals surface area contributed by atoms with Gasteiger partial charge in [-0.25, -0.2) is 4.98 Å². The van der Waals surface area contributed by atoms with Gasteiger partial charge in [-0.15, -0.1) is 0 Å². The van der Waals surface area contributed by atoms with Crippen molar-refractivity contribution in [3.05, 3.63) is 83.3 Å². The number of nitrogens with zero attached hydrogens (tertiary/aromatic N) is 2. The predicted molar refractivity (Wildman–Crippen MR) is 98.8 cm³/mol. The molecule has 0 saturated heterocycles. The number of carbonyl (C=O) groups excluding carboxylic acids is 1. The predicted octanol–water partition coefficient (Wildman–Crippen LogP) is 3.77. The first-order valence-electron chi connectivity index (χ1n) is 8.11. The molecule has 0 unspecified atom stereocenters. The maximum absolute atomic E-state index is 12.6. The van der Waals surface area contributed by atoms with Crippen molar-refractivity contribution in [3.63, 3.8) is 0 Å². The van der Waals surface area contributed by atoms with Crippen molar-refractivity contribution in [1.82, 2.24) is 15.3 Å². The fourth-order valence-electron chi connectivity index (χ4n) is 2.47. The van der Waals surface area contributed by atoms with Gasteiger partial charge in [-0.3, -0.25) is 9.78 Å². The van der Waals surface area contributed by atoms with Gasteiger partial charge in [0.05, 0.1) is 17.8 Å². The Hall–Kier alpha value is -3.21. The SMILES string of the molecule is Cc1cccc(Nc2ncccc2C(=O)NCc2ccccn2)c1C. The number of carbonyl (C=O) groups is 1. The van der Waals surface area contributed by atoms with Crippen LogP contribution in [0, 0.1) is 13.8 Å². The Bertz CT molecular complexity index is 878. The van der Waals surface area contributed by atoms with E-state index in [0.29, 0.717) is 17.9 Å². The second-order valence-electron chi connectivity index (χ2n) is 5.78. The number of hydrogen-bond donors (Lipinski definition) is 2. The molecule has 0 fully saturated rings. The van der Waals surface area contributed by atoms with Crippen molar-refractivity contribution >= 4 is 17.4 Å². The molecule has 0 aliphatic heterocycles. The molecule has 2 aromatic heterocycles. The molecule has 126 valence electrons. The van der Waals surface area contributed by atoms with Crippen LogP contribution in [0.25, 0.3) is 0 Å². The van der Waals surface area contributed by atoms with Crippen LogP contribution in [0.2, 0.25) is 0 Å². The number of aromatic nitrogens is 2. The first-order valence-corrected chi connectivity index (χ1v) is 8.11.